The Morgan fingerprint density at radius 2 is 2.22 bits per heavy atom. The minimum Gasteiger partial charge on any atom is -0.380 e. The average Bonchev–Trinajstić information content (AvgIpc) is 2.29. The number of carbonyl (C=O) groups is 1. The second-order valence-corrected chi connectivity index (χ2v) is 3.54. The van der Waals surface area contributed by atoms with Crippen molar-refractivity contribution in [3.63, 3.8) is 0 Å². The third-order valence-corrected chi connectivity index (χ3v) is 2.30. The zero-order valence-corrected chi connectivity index (χ0v) is 12.0. The smallest absolute Gasteiger partial charge is 0.227 e. The number of carbonyl (C=O) groups excluding carboxylic acids is 1. The van der Waals surface area contributed by atoms with E-state index in [1.165, 1.54) is 0 Å². The molecular formula is C11H19Cl2N3O2. The van der Waals surface area contributed by atoms with Crippen LogP contribution in [-0.4, -0.2) is 30.6 Å². The number of nitrogens with one attached hydrogen (secondary N) is 1. The molecule has 1 heterocycles. The summed E-state index contributed by atoms with van der Waals surface area (Å²) in [6.07, 6.45) is 3.36. The molecule has 1 amide bonds. The van der Waals surface area contributed by atoms with Crippen molar-refractivity contribution in [1.82, 2.24) is 4.98 Å². The number of anilines is 1. The molecule has 0 radical (unpaired) electrons. The Kier molecular flexibility index (Phi) is 10.9. The van der Waals surface area contributed by atoms with Crippen molar-refractivity contribution in [1.29, 1.82) is 0 Å². The second kappa shape index (κ2) is 10.1. The molecule has 1 atom stereocenters. The molecule has 18 heavy (non-hydrogen) atoms. The number of hydrogen-bond donors (Lipinski definition) is 2. The number of ether oxygens (including phenoxy) is 1. The van der Waals surface area contributed by atoms with Gasteiger partial charge in [-0.3, -0.25) is 9.78 Å². The number of amides is 1. The topological polar surface area (TPSA) is 77.2 Å². The van der Waals surface area contributed by atoms with E-state index < -0.39 is 0 Å². The van der Waals surface area contributed by atoms with E-state index in [4.69, 9.17) is 10.5 Å². The number of aryl methyl sites for hydroxylation is 1. The summed E-state index contributed by atoms with van der Waals surface area (Å²) in [4.78, 5) is 15.6. The van der Waals surface area contributed by atoms with E-state index in [1.807, 2.05) is 6.92 Å². The number of aromatic nitrogens is 1. The first-order valence-corrected chi connectivity index (χ1v) is 5.10. The van der Waals surface area contributed by atoms with Gasteiger partial charge in [0.1, 0.15) is 0 Å². The van der Waals surface area contributed by atoms with Gasteiger partial charge in [0.2, 0.25) is 5.91 Å². The van der Waals surface area contributed by atoms with Crippen LogP contribution in [-0.2, 0) is 9.53 Å². The normalized spacial score (nSPS) is 10.8. The van der Waals surface area contributed by atoms with E-state index in [0.29, 0.717) is 6.54 Å². The Labute approximate surface area is 119 Å². The predicted octanol–water partition coefficient (Wildman–Crippen LogP) is 1.54. The van der Waals surface area contributed by atoms with Gasteiger partial charge in [0.25, 0.3) is 0 Å². The molecule has 1 unspecified atom stereocenters. The lowest BCUT2D eigenvalue weighted by atomic mass is 10.2. The van der Waals surface area contributed by atoms with Crippen LogP contribution in [0, 0.1) is 6.92 Å². The third kappa shape index (κ3) is 6.16. The van der Waals surface area contributed by atoms with E-state index in [0.717, 1.165) is 11.3 Å². The molecule has 1 aromatic rings. The molecule has 0 aromatic carbocycles. The Balaban J connectivity index is 0. The zero-order valence-electron chi connectivity index (χ0n) is 10.4. The van der Waals surface area contributed by atoms with Gasteiger partial charge in [-0.25, -0.2) is 0 Å². The number of pyridine rings is 1. The van der Waals surface area contributed by atoms with Crippen molar-refractivity contribution in [2.45, 2.75) is 19.4 Å². The van der Waals surface area contributed by atoms with Crippen molar-refractivity contribution in [2.75, 3.05) is 19.0 Å². The fourth-order valence-corrected chi connectivity index (χ4v) is 1.28. The molecule has 0 aliphatic carbocycles. The summed E-state index contributed by atoms with van der Waals surface area (Å²) in [5.74, 6) is -0.105. The number of methoxy groups -OCH3 is 1. The van der Waals surface area contributed by atoms with Crippen molar-refractivity contribution >= 4 is 36.4 Å². The zero-order chi connectivity index (χ0) is 12.0. The number of halogens is 2. The Morgan fingerprint density at radius 3 is 2.72 bits per heavy atom. The monoisotopic (exact) mass is 295 g/mol. The van der Waals surface area contributed by atoms with Gasteiger partial charge in [-0.1, -0.05) is 0 Å². The number of nitrogens with zero attached hydrogens (tertiary/aromatic N) is 1. The van der Waals surface area contributed by atoms with Gasteiger partial charge in [0, 0.05) is 31.7 Å². The molecule has 0 saturated carbocycles. The van der Waals surface area contributed by atoms with Gasteiger partial charge in [-0.2, -0.15) is 0 Å². The van der Waals surface area contributed by atoms with Crippen LogP contribution in [0.5, 0.6) is 0 Å². The van der Waals surface area contributed by atoms with Crippen molar-refractivity contribution in [3.05, 3.63) is 24.0 Å². The van der Waals surface area contributed by atoms with E-state index in [1.54, 1.807) is 25.6 Å². The van der Waals surface area contributed by atoms with Crippen LogP contribution in [0.15, 0.2) is 18.5 Å². The molecule has 7 heteroatoms. The van der Waals surface area contributed by atoms with Crippen molar-refractivity contribution in [3.8, 4) is 0 Å². The third-order valence-electron chi connectivity index (χ3n) is 2.30. The Bertz CT molecular complexity index is 360. The standard InChI is InChI=1S/C11H17N3O2.2ClH/c1-8-7-13-4-3-10(8)14-11(15)5-9(6-12)16-2;;/h3-4,7,9H,5-6,12H2,1-2H3,(H,13,14,15);2*1H. The molecule has 0 fully saturated rings. The minimum absolute atomic E-state index is 0. The summed E-state index contributed by atoms with van der Waals surface area (Å²) < 4.78 is 5.04. The largest absolute Gasteiger partial charge is 0.380 e. The predicted molar refractivity (Wildman–Crippen MR) is 76.6 cm³/mol. The summed E-state index contributed by atoms with van der Waals surface area (Å²) in [7, 11) is 1.54. The number of rotatable bonds is 5. The highest BCUT2D eigenvalue weighted by atomic mass is 35.5. The highest BCUT2D eigenvalue weighted by molar-refractivity contribution is 5.91. The first-order valence-electron chi connectivity index (χ1n) is 5.10. The number of nitrogens with two attached hydrogens (primary N) is 1. The first-order chi connectivity index (χ1) is 7.67. The fourth-order valence-electron chi connectivity index (χ4n) is 1.28. The van der Waals surface area contributed by atoms with Gasteiger partial charge in [-0.15, -0.1) is 24.8 Å². The van der Waals surface area contributed by atoms with Crippen LogP contribution in [0.3, 0.4) is 0 Å². The summed E-state index contributed by atoms with van der Waals surface area (Å²) in [5, 5.41) is 2.79. The molecule has 0 aliphatic rings. The van der Waals surface area contributed by atoms with Crippen molar-refractivity contribution < 1.29 is 9.53 Å². The van der Waals surface area contributed by atoms with E-state index >= 15 is 0 Å². The fraction of sp³-hybridized carbons (Fsp3) is 0.455. The molecule has 5 nitrogen and oxygen atoms in total. The molecule has 0 aliphatic heterocycles. The SMILES string of the molecule is COC(CN)CC(=O)Nc1ccncc1C.Cl.Cl. The van der Waals surface area contributed by atoms with Gasteiger partial charge in [-0.05, 0) is 18.6 Å². The molecule has 0 spiro atoms. The Morgan fingerprint density at radius 1 is 1.56 bits per heavy atom. The van der Waals surface area contributed by atoms with Crippen molar-refractivity contribution in [2.24, 2.45) is 5.73 Å². The summed E-state index contributed by atoms with van der Waals surface area (Å²) in [6, 6.07) is 1.76. The van der Waals surface area contributed by atoms with Crippen LogP contribution >= 0.6 is 24.8 Å². The molecular weight excluding hydrogens is 277 g/mol. The minimum atomic E-state index is -0.234. The average molecular weight is 296 g/mol. The maximum absolute atomic E-state index is 11.6. The first kappa shape index (κ1) is 19.5. The van der Waals surface area contributed by atoms with Gasteiger partial charge >= 0.3 is 0 Å². The molecule has 3 N–H and O–H groups in total. The molecule has 1 aromatic heterocycles. The Hall–Kier alpha value is -0.880. The van der Waals surface area contributed by atoms with E-state index in [2.05, 4.69) is 10.3 Å². The quantitative estimate of drug-likeness (QED) is 0.864. The molecule has 0 saturated heterocycles. The lowest BCUT2D eigenvalue weighted by Gasteiger charge is -2.13. The van der Waals surface area contributed by atoms with E-state index in [-0.39, 0.29) is 43.2 Å². The van der Waals surface area contributed by atoms with Crippen LogP contribution in [0.1, 0.15) is 12.0 Å². The maximum Gasteiger partial charge on any atom is 0.227 e. The lowest BCUT2D eigenvalue weighted by molar-refractivity contribution is -0.118. The van der Waals surface area contributed by atoms with Gasteiger partial charge < -0.3 is 15.8 Å². The highest BCUT2D eigenvalue weighted by Crippen LogP contribution is 2.12. The maximum atomic E-state index is 11.6. The molecule has 104 valence electrons. The summed E-state index contributed by atoms with van der Waals surface area (Å²) in [5.41, 5.74) is 7.14. The number of hydrogen-bond acceptors (Lipinski definition) is 4. The summed E-state index contributed by atoms with van der Waals surface area (Å²) >= 11 is 0. The van der Waals surface area contributed by atoms with E-state index in [9.17, 15) is 4.79 Å². The van der Waals surface area contributed by atoms with Crippen LogP contribution in [0.2, 0.25) is 0 Å². The second-order valence-electron chi connectivity index (χ2n) is 3.54. The van der Waals surface area contributed by atoms with Crippen LogP contribution in [0.4, 0.5) is 5.69 Å². The summed E-state index contributed by atoms with van der Waals surface area (Å²) in [6.45, 7) is 2.22. The lowest BCUT2D eigenvalue weighted by Crippen LogP contribution is -2.28. The highest BCUT2D eigenvalue weighted by Gasteiger charge is 2.12. The van der Waals surface area contributed by atoms with Gasteiger partial charge in [0.15, 0.2) is 0 Å². The molecule has 0 bridgehead atoms. The molecule has 1 rings (SSSR count). The van der Waals surface area contributed by atoms with Gasteiger partial charge in [0.05, 0.1) is 12.5 Å². The van der Waals surface area contributed by atoms with Crippen LogP contribution in [0.25, 0.3) is 0 Å². The van der Waals surface area contributed by atoms with Crippen LogP contribution < -0.4 is 11.1 Å².